The third kappa shape index (κ3) is 2.47. The number of fused-ring (bicyclic) bond motifs is 3. The van der Waals surface area contributed by atoms with Crippen molar-refractivity contribution in [2.75, 3.05) is 11.4 Å². The molecule has 1 fully saturated rings. The van der Waals surface area contributed by atoms with E-state index in [0.717, 1.165) is 12.1 Å². The maximum absolute atomic E-state index is 12.3. The molecule has 4 rings (SSSR count). The number of carbonyl (C=O) groups excluding carboxylic acids is 1. The SMILES string of the molecule is CC1(C)c2ccccc2N2CCC(=O)N[C@]21C=CC=Cc1ccccc1. The number of para-hydroxylation sites is 1. The molecule has 2 aliphatic rings. The summed E-state index contributed by atoms with van der Waals surface area (Å²) in [6.07, 6.45) is 8.85. The van der Waals surface area contributed by atoms with Crippen LogP contribution < -0.4 is 10.2 Å². The van der Waals surface area contributed by atoms with Gasteiger partial charge >= 0.3 is 0 Å². The van der Waals surface area contributed by atoms with Crippen molar-refractivity contribution in [3.63, 3.8) is 0 Å². The van der Waals surface area contributed by atoms with E-state index in [2.05, 4.69) is 78.7 Å². The predicted octanol–water partition coefficient (Wildman–Crippen LogP) is 4.27. The first-order valence-electron chi connectivity index (χ1n) is 9.14. The summed E-state index contributed by atoms with van der Waals surface area (Å²) in [6, 6.07) is 18.7. The molecule has 2 aliphatic heterocycles. The van der Waals surface area contributed by atoms with E-state index in [4.69, 9.17) is 0 Å². The molecule has 132 valence electrons. The summed E-state index contributed by atoms with van der Waals surface area (Å²) >= 11 is 0. The van der Waals surface area contributed by atoms with Gasteiger partial charge in [0.15, 0.2) is 0 Å². The Balaban J connectivity index is 1.72. The molecule has 2 aromatic carbocycles. The van der Waals surface area contributed by atoms with Gasteiger partial charge < -0.3 is 10.2 Å². The van der Waals surface area contributed by atoms with Crippen LogP contribution in [-0.2, 0) is 10.2 Å². The number of rotatable bonds is 3. The van der Waals surface area contributed by atoms with Crippen molar-refractivity contribution >= 4 is 17.7 Å². The number of benzene rings is 2. The zero-order valence-corrected chi connectivity index (χ0v) is 15.3. The summed E-state index contributed by atoms with van der Waals surface area (Å²) in [7, 11) is 0. The molecular formula is C23H24N2O. The minimum absolute atomic E-state index is 0.110. The van der Waals surface area contributed by atoms with Crippen LogP contribution >= 0.6 is 0 Å². The quantitative estimate of drug-likeness (QED) is 0.844. The van der Waals surface area contributed by atoms with Crippen molar-refractivity contribution in [3.8, 4) is 0 Å². The third-order valence-corrected chi connectivity index (χ3v) is 5.68. The summed E-state index contributed by atoms with van der Waals surface area (Å²) in [5.74, 6) is 0.110. The van der Waals surface area contributed by atoms with Gasteiger partial charge in [0.1, 0.15) is 5.66 Å². The summed E-state index contributed by atoms with van der Waals surface area (Å²) in [5, 5.41) is 3.29. The van der Waals surface area contributed by atoms with Crippen molar-refractivity contribution in [1.82, 2.24) is 5.32 Å². The van der Waals surface area contributed by atoms with Crippen molar-refractivity contribution in [2.24, 2.45) is 0 Å². The number of nitrogens with zero attached hydrogens (tertiary/aromatic N) is 1. The molecule has 26 heavy (non-hydrogen) atoms. The second-order valence-electron chi connectivity index (χ2n) is 7.49. The maximum atomic E-state index is 12.3. The first kappa shape index (κ1) is 16.6. The van der Waals surface area contributed by atoms with Gasteiger partial charge in [-0.15, -0.1) is 0 Å². The second-order valence-corrected chi connectivity index (χ2v) is 7.49. The largest absolute Gasteiger partial charge is 0.344 e. The van der Waals surface area contributed by atoms with Crippen LogP contribution in [0.25, 0.3) is 6.08 Å². The first-order valence-corrected chi connectivity index (χ1v) is 9.14. The van der Waals surface area contributed by atoms with Crippen LogP contribution in [0, 0.1) is 0 Å². The Kier molecular flexibility index (Phi) is 3.95. The lowest BCUT2D eigenvalue weighted by Crippen LogP contribution is -2.68. The lowest BCUT2D eigenvalue weighted by molar-refractivity contribution is -0.124. The van der Waals surface area contributed by atoms with Gasteiger partial charge in [-0.1, -0.05) is 80.6 Å². The van der Waals surface area contributed by atoms with Gasteiger partial charge in [-0.05, 0) is 23.3 Å². The van der Waals surface area contributed by atoms with Gasteiger partial charge in [-0.3, -0.25) is 4.79 Å². The van der Waals surface area contributed by atoms with Crippen LogP contribution in [-0.4, -0.2) is 18.1 Å². The van der Waals surface area contributed by atoms with Crippen LogP contribution in [0.2, 0.25) is 0 Å². The summed E-state index contributed by atoms with van der Waals surface area (Å²) in [4.78, 5) is 14.7. The highest BCUT2D eigenvalue weighted by molar-refractivity contribution is 5.84. The van der Waals surface area contributed by atoms with Gasteiger partial charge in [0.25, 0.3) is 0 Å². The molecule has 2 heterocycles. The molecule has 0 spiro atoms. The smallest absolute Gasteiger partial charge is 0.223 e. The highest BCUT2D eigenvalue weighted by Gasteiger charge is 2.57. The van der Waals surface area contributed by atoms with Gasteiger partial charge in [0.2, 0.25) is 5.91 Å². The Morgan fingerprint density at radius 2 is 1.73 bits per heavy atom. The van der Waals surface area contributed by atoms with E-state index in [1.165, 1.54) is 11.3 Å². The Morgan fingerprint density at radius 1 is 1.00 bits per heavy atom. The van der Waals surface area contributed by atoms with Crippen molar-refractivity contribution in [3.05, 3.63) is 84.0 Å². The molecule has 0 aromatic heterocycles. The van der Waals surface area contributed by atoms with E-state index in [1.807, 2.05) is 24.3 Å². The van der Waals surface area contributed by atoms with Crippen molar-refractivity contribution in [1.29, 1.82) is 0 Å². The number of carbonyl (C=O) groups is 1. The van der Waals surface area contributed by atoms with Crippen LogP contribution in [0.3, 0.4) is 0 Å². The topological polar surface area (TPSA) is 32.3 Å². The number of hydrogen-bond acceptors (Lipinski definition) is 2. The number of nitrogens with one attached hydrogen (secondary N) is 1. The fourth-order valence-electron chi connectivity index (χ4n) is 4.24. The Hall–Kier alpha value is -2.81. The predicted molar refractivity (Wildman–Crippen MR) is 107 cm³/mol. The van der Waals surface area contributed by atoms with E-state index >= 15 is 0 Å². The van der Waals surface area contributed by atoms with E-state index in [-0.39, 0.29) is 11.3 Å². The van der Waals surface area contributed by atoms with E-state index < -0.39 is 5.66 Å². The van der Waals surface area contributed by atoms with Gasteiger partial charge in [-0.25, -0.2) is 0 Å². The van der Waals surface area contributed by atoms with Crippen molar-refractivity contribution in [2.45, 2.75) is 31.3 Å². The standard InChI is InChI=1S/C23H24N2O/c1-22(2)19-13-6-7-14-20(19)25-17-15-21(26)24-23(22,25)16-9-8-12-18-10-4-3-5-11-18/h3-14,16H,15,17H2,1-2H3,(H,24,26)/t23-/m1/s1. The highest BCUT2D eigenvalue weighted by atomic mass is 16.2. The Bertz CT molecular complexity index is 882. The molecule has 1 N–H and O–H groups in total. The Labute approximate surface area is 155 Å². The summed E-state index contributed by atoms with van der Waals surface area (Å²) in [5.41, 5.74) is 2.89. The minimum atomic E-state index is -0.535. The monoisotopic (exact) mass is 344 g/mol. The molecule has 3 nitrogen and oxygen atoms in total. The maximum Gasteiger partial charge on any atom is 0.223 e. The summed E-state index contributed by atoms with van der Waals surface area (Å²) < 4.78 is 0. The van der Waals surface area contributed by atoms with Crippen LogP contribution in [0.4, 0.5) is 5.69 Å². The fraction of sp³-hybridized carbons (Fsp3) is 0.261. The first-order chi connectivity index (χ1) is 12.5. The van der Waals surface area contributed by atoms with Crippen LogP contribution in [0.1, 0.15) is 31.4 Å². The molecule has 0 unspecified atom stereocenters. The number of hydrogen-bond donors (Lipinski definition) is 1. The van der Waals surface area contributed by atoms with Gasteiger partial charge in [-0.2, -0.15) is 0 Å². The molecule has 0 aliphatic carbocycles. The van der Waals surface area contributed by atoms with Crippen LogP contribution in [0.5, 0.6) is 0 Å². The number of amides is 1. The Morgan fingerprint density at radius 3 is 2.54 bits per heavy atom. The highest BCUT2D eigenvalue weighted by Crippen LogP contribution is 2.52. The molecule has 1 saturated heterocycles. The normalized spacial score (nSPS) is 23.9. The third-order valence-electron chi connectivity index (χ3n) is 5.68. The molecule has 2 aromatic rings. The molecule has 0 bridgehead atoms. The molecule has 0 radical (unpaired) electrons. The van der Waals surface area contributed by atoms with E-state index in [1.54, 1.807) is 0 Å². The number of anilines is 1. The van der Waals surface area contributed by atoms with Crippen molar-refractivity contribution < 1.29 is 4.79 Å². The van der Waals surface area contributed by atoms with Crippen LogP contribution in [0.15, 0.2) is 72.8 Å². The average molecular weight is 344 g/mol. The minimum Gasteiger partial charge on any atom is -0.344 e. The summed E-state index contributed by atoms with van der Waals surface area (Å²) in [6.45, 7) is 5.16. The number of allylic oxidation sites excluding steroid dienone is 2. The van der Waals surface area contributed by atoms with E-state index in [9.17, 15) is 4.79 Å². The second kappa shape index (κ2) is 6.17. The molecule has 0 saturated carbocycles. The van der Waals surface area contributed by atoms with Gasteiger partial charge in [0.05, 0.1) is 0 Å². The lowest BCUT2D eigenvalue weighted by Gasteiger charge is -2.49. The average Bonchev–Trinajstić information content (AvgIpc) is 2.84. The van der Waals surface area contributed by atoms with Gasteiger partial charge in [0, 0.05) is 24.1 Å². The molecular weight excluding hydrogens is 320 g/mol. The lowest BCUT2D eigenvalue weighted by atomic mass is 9.74. The molecule has 3 heteroatoms. The fourth-order valence-corrected chi connectivity index (χ4v) is 4.24. The molecule has 1 amide bonds. The zero-order chi connectivity index (χ0) is 18.2. The van der Waals surface area contributed by atoms with E-state index in [0.29, 0.717) is 6.42 Å². The molecule has 1 atom stereocenters. The zero-order valence-electron chi connectivity index (χ0n) is 15.3.